The molecule has 0 heterocycles. The fourth-order valence-corrected chi connectivity index (χ4v) is 4.25. The number of unbranched alkanes of at least 4 members (excludes halogenated alkanes) is 11. The first-order chi connectivity index (χ1) is 13.2. The van der Waals surface area contributed by atoms with Crippen molar-refractivity contribution in [3.8, 4) is 11.8 Å². The predicted molar refractivity (Wildman–Crippen MR) is 127 cm³/mol. The van der Waals surface area contributed by atoms with Crippen LogP contribution in [-0.4, -0.2) is 26.1 Å². The number of aliphatic hydroxyl groups excluding tert-OH is 1. The fourth-order valence-electron chi connectivity index (χ4n) is 3.01. The minimum atomic E-state index is -1.74. The lowest BCUT2D eigenvalue weighted by molar-refractivity contribution is 0.220. The van der Waals surface area contributed by atoms with Crippen LogP contribution in [0.4, 0.5) is 0 Å². The van der Waals surface area contributed by atoms with Crippen LogP contribution in [-0.2, 0) is 4.43 Å². The van der Waals surface area contributed by atoms with Crippen molar-refractivity contribution < 1.29 is 9.53 Å². The van der Waals surface area contributed by atoms with E-state index in [1.807, 2.05) is 0 Å². The number of hydrogen-bond donors (Lipinski definition) is 1. The van der Waals surface area contributed by atoms with Gasteiger partial charge >= 0.3 is 0 Å². The van der Waals surface area contributed by atoms with E-state index in [9.17, 15) is 0 Å². The third-order valence-corrected chi connectivity index (χ3v) is 10.5. The highest BCUT2D eigenvalue weighted by Crippen LogP contribution is 2.37. The molecule has 166 valence electrons. The van der Waals surface area contributed by atoms with Crippen LogP contribution in [0.25, 0.3) is 0 Å². The molecule has 0 saturated heterocycles. The molecule has 0 bridgehead atoms. The zero-order chi connectivity index (χ0) is 21.3. The second kappa shape index (κ2) is 16.5. The van der Waals surface area contributed by atoms with E-state index in [-0.39, 0.29) is 11.1 Å². The maximum absolute atomic E-state index is 8.76. The van der Waals surface area contributed by atoms with Gasteiger partial charge in [0.05, 0.1) is 0 Å². The van der Waals surface area contributed by atoms with Crippen molar-refractivity contribution in [2.75, 3.05) is 6.61 Å². The lowest BCUT2D eigenvalue weighted by Gasteiger charge is -2.38. The molecule has 0 aromatic carbocycles. The first-order valence-corrected chi connectivity index (χ1v) is 14.9. The van der Waals surface area contributed by atoms with Crippen LogP contribution in [0.2, 0.25) is 18.1 Å². The highest BCUT2D eigenvalue weighted by Gasteiger charge is 2.38. The van der Waals surface area contributed by atoms with Crippen LogP contribution >= 0.6 is 0 Å². The molecular weight excluding hydrogens is 360 g/mol. The van der Waals surface area contributed by atoms with Crippen LogP contribution in [0.15, 0.2) is 0 Å². The van der Waals surface area contributed by atoms with Gasteiger partial charge < -0.3 is 9.53 Å². The summed E-state index contributed by atoms with van der Waals surface area (Å²) < 4.78 is 6.56. The summed E-state index contributed by atoms with van der Waals surface area (Å²) in [6, 6.07) is 0. The summed E-state index contributed by atoms with van der Waals surface area (Å²) in [5.41, 5.74) is 0. The van der Waals surface area contributed by atoms with Gasteiger partial charge in [-0.15, -0.1) is 5.92 Å². The molecule has 0 amide bonds. The highest BCUT2D eigenvalue weighted by molar-refractivity contribution is 6.74. The summed E-state index contributed by atoms with van der Waals surface area (Å²) in [6.45, 7) is 14.2. The van der Waals surface area contributed by atoms with E-state index in [0.717, 1.165) is 19.3 Å². The van der Waals surface area contributed by atoms with Crippen LogP contribution in [0.3, 0.4) is 0 Å². The van der Waals surface area contributed by atoms with Gasteiger partial charge in [-0.05, 0) is 37.4 Å². The Morgan fingerprint density at radius 1 is 0.821 bits per heavy atom. The second-order valence-electron chi connectivity index (χ2n) is 9.84. The van der Waals surface area contributed by atoms with Gasteiger partial charge in [0.2, 0.25) is 0 Å². The van der Waals surface area contributed by atoms with Gasteiger partial charge in [0.1, 0.15) is 6.10 Å². The first-order valence-electron chi connectivity index (χ1n) is 12.0. The molecular formula is C25H50O2Si. The molecule has 0 aliphatic rings. The quantitative estimate of drug-likeness (QED) is 0.159. The predicted octanol–water partition coefficient (Wildman–Crippen LogP) is 7.85. The van der Waals surface area contributed by atoms with Gasteiger partial charge in [-0.1, -0.05) is 97.8 Å². The van der Waals surface area contributed by atoms with E-state index < -0.39 is 8.32 Å². The summed E-state index contributed by atoms with van der Waals surface area (Å²) in [5, 5.41) is 9.01. The molecule has 2 nitrogen and oxygen atoms in total. The largest absolute Gasteiger partial charge is 0.403 e. The minimum Gasteiger partial charge on any atom is -0.403 e. The Bertz CT molecular complexity index is 414. The zero-order valence-corrected chi connectivity index (χ0v) is 21.0. The monoisotopic (exact) mass is 410 g/mol. The third kappa shape index (κ3) is 14.7. The molecule has 0 aromatic rings. The molecule has 1 N–H and O–H groups in total. The first kappa shape index (κ1) is 27.7. The topological polar surface area (TPSA) is 29.5 Å². The summed E-state index contributed by atoms with van der Waals surface area (Å²) in [7, 11) is -1.74. The second-order valence-corrected chi connectivity index (χ2v) is 14.6. The lowest BCUT2D eigenvalue weighted by atomic mass is 10.1. The van der Waals surface area contributed by atoms with Crippen molar-refractivity contribution in [1.29, 1.82) is 0 Å². The van der Waals surface area contributed by atoms with E-state index in [1.165, 1.54) is 70.6 Å². The standard InChI is InChI=1S/C25H50O2Si/c1-7-8-21-24(27-28(5,6)25(2,3)4)22-19-17-15-13-11-9-10-12-14-16-18-20-23-26/h24,26H,7-18,20-21,23H2,1-6H3. The molecule has 0 aliphatic heterocycles. The molecule has 0 rings (SSSR count). The molecule has 0 aromatic heterocycles. The van der Waals surface area contributed by atoms with E-state index in [0.29, 0.717) is 6.61 Å². The maximum atomic E-state index is 8.76. The van der Waals surface area contributed by atoms with E-state index >= 15 is 0 Å². The molecule has 0 saturated carbocycles. The summed E-state index contributed by atoms with van der Waals surface area (Å²) >= 11 is 0. The van der Waals surface area contributed by atoms with Crippen molar-refractivity contribution in [2.24, 2.45) is 0 Å². The summed E-state index contributed by atoms with van der Waals surface area (Å²) in [5.74, 6) is 6.89. The fraction of sp³-hybridized carbons (Fsp3) is 0.920. The van der Waals surface area contributed by atoms with Crippen LogP contribution in [0.5, 0.6) is 0 Å². The average Bonchev–Trinajstić information content (AvgIpc) is 2.62. The maximum Gasteiger partial charge on any atom is 0.193 e. The van der Waals surface area contributed by atoms with E-state index in [4.69, 9.17) is 9.53 Å². The van der Waals surface area contributed by atoms with Crippen molar-refractivity contribution in [1.82, 2.24) is 0 Å². The Morgan fingerprint density at radius 2 is 1.32 bits per heavy atom. The number of hydrogen-bond acceptors (Lipinski definition) is 2. The van der Waals surface area contributed by atoms with Crippen LogP contribution in [0, 0.1) is 11.8 Å². The number of rotatable bonds is 16. The van der Waals surface area contributed by atoms with Gasteiger partial charge in [-0.3, -0.25) is 0 Å². The highest BCUT2D eigenvalue weighted by atomic mass is 28.4. The zero-order valence-electron chi connectivity index (χ0n) is 20.0. The molecule has 28 heavy (non-hydrogen) atoms. The Kier molecular flexibility index (Phi) is 16.3. The molecule has 0 spiro atoms. The Hall–Kier alpha value is -0.303. The SMILES string of the molecule is CCCCC(C#CCCCCCCCCCCCCO)O[Si](C)(C)C(C)(C)C. The van der Waals surface area contributed by atoms with Gasteiger partial charge in [0, 0.05) is 13.0 Å². The van der Waals surface area contributed by atoms with Crippen molar-refractivity contribution in [2.45, 2.75) is 142 Å². The average molecular weight is 411 g/mol. The van der Waals surface area contributed by atoms with Crippen LogP contribution < -0.4 is 0 Å². The minimum absolute atomic E-state index is 0.131. The Morgan fingerprint density at radius 3 is 1.79 bits per heavy atom. The Balaban J connectivity index is 3.97. The third-order valence-electron chi connectivity index (χ3n) is 6.04. The molecule has 3 heteroatoms. The van der Waals surface area contributed by atoms with Crippen molar-refractivity contribution >= 4 is 8.32 Å². The molecule has 1 unspecified atom stereocenters. The molecule has 0 aliphatic carbocycles. The lowest BCUT2D eigenvalue weighted by Crippen LogP contribution is -2.43. The van der Waals surface area contributed by atoms with Gasteiger partial charge in [-0.25, -0.2) is 0 Å². The van der Waals surface area contributed by atoms with Gasteiger partial charge in [0.25, 0.3) is 0 Å². The normalized spacial score (nSPS) is 13.2. The molecule has 0 radical (unpaired) electrons. The van der Waals surface area contributed by atoms with Crippen molar-refractivity contribution in [3.63, 3.8) is 0 Å². The van der Waals surface area contributed by atoms with E-state index in [2.05, 4.69) is 52.6 Å². The number of aliphatic hydroxyl groups is 1. The Labute approximate surface area is 178 Å². The summed E-state index contributed by atoms with van der Waals surface area (Å²) in [4.78, 5) is 0. The molecule has 0 fully saturated rings. The summed E-state index contributed by atoms with van der Waals surface area (Å²) in [6.07, 6.45) is 17.4. The smallest absolute Gasteiger partial charge is 0.193 e. The van der Waals surface area contributed by atoms with Crippen molar-refractivity contribution in [3.05, 3.63) is 0 Å². The van der Waals surface area contributed by atoms with Gasteiger partial charge in [-0.2, -0.15) is 0 Å². The molecule has 1 atom stereocenters. The van der Waals surface area contributed by atoms with Gasteiger partial charge in [0.15, 0.2) is 8.32 Å². The van der Waals surface area contributed by atoms with E-state index in [1.54, 1.807) is 0 Å². The van der Waals surface area contributed by atoms with Crippen LogP contribution in [0.1, 0.15) is 118 Å².